The van der Waals surface area contributed by atoms with Gasteiger partial charge in [0.15, 0.2) is 5.69 Å². The summed E-state index contributed by atoms with van der Waals surface area (Å²) < 4.78 is 41.7. The molecule has 2 aliphatic rings. The van der Waals surface area contributed by atoms with Crippen LogP contribution < -0.4 is 16.2 Å². The Morgan fingerprint density at radius 3 is 2.43 bits per heavy atom. The molecule has 0 saturated carbocycles. The molecule has 3 N–H and O–H groups in total. The van der Waals surface area contributed by atoms with Crippen LogP contribution in [0.5, 0.6) is 0 Å². The average molecular weight is 515 g/mol. The quantitative estimate of drug-likeness (QED) is 0.490. The summed E-state index contributed by atoms with van der Waals surface area (Å²) in [5, 5.41) is 11.3. The second-order valence-corrected chi connectivity index (χ2v) is 9.34. The number of halogens is 3. The third-order valence-electron chi connectivity index (χ3n) is 6.55. The second-order valence-electron chi connectivity index (χ2n) is 9.34. The Bertz CT molecular complexity index is 1460. The van der Waals surface area contributed by atoms with Crippen molar-refractivity contribution in [1.29, 1.82) is 0 Å². The normalized spacial score (nSPS) is 16.8. The van der Waals surface area contributed by atoms with Crippen LogP contribution in [0.4, 0.5) is 19.1 Å². The molecule has 0 saturated heterocycles. The summed E-state index contributed by atoms with van der Waals surface area (Å²) in [6.45, 7) is 3.75. The smallest absolute Gasteiger partial charge is 0.355 e. The van der Waals surface area contributed by atoms with E-state index in [0.29, 0.717) is 22.5 Å². The second kappa shape index (κ2) is 8.75. The lowest BCUT2D eigenvalue weighted by Crippen LogP contribution is -2.51. The van der Waals surface area contributed by atoms with Gasteiger partial charge in [-0.25, -0.2) is 9.55 Å². The predicted octanol–water partition coefficient (Wildman–Crippen LogP) is 2.28. The molecule has 2 amide bonds. The number of nitrogens with one attached hydrogen (secondary N) is 3. The van der Waals surface area contributed by atoms with Crippen LogP contribution in [0.25, 0.3) is 5.69 Å². The van der Waals surface area contributed by atoms with E-state index in [1.165, 1.54) is 16.5 Å². The van der Waals surface area contributed by atoms with Crippen molar-refractivity contribution in [3.63, 3.8) is 0 Å². The lowest BCUT2D eigenvalue weighted by Gasteiger charge is -2.39. The minimum absolute atomic E-state index is 0.0168. The van der Waals surface area contributed by atoms with Crippen LogP contribution >= 0.6 is 0 Å². The number of benzene rings is 1. The highest BCUT2D eigenvalue weighted by Gasteiger charge is 2.45. The standard InChI is InChI=1S/C24H24F3N7O3/c1-11(2)29-23-30-17-10-33-14(9-16-18(22(33)37)31-32-19(16)24(25,26)27)8-15(17)21(36)34(23)13-6-4-12(5-7-13)20(35)28-3/h4-7,11,14H,8-10H2,1-3H3,(H,28,35)(H,29,30)(H,31,32)/t14-/m0/s1. The molecule has 0 unspecified atom stereocenters. The van der Waals surface area contributed by atoms with Crippen LogP contribution in [-0.4, -0.2) is 55.6 Å². The topological polar surface area (TPSA) is 125 Å². The first kappa shape index (κ1) is 24.5. The molecule has 3 aromatic rings. The van der Waals surface area contributed by atoms with Crippen LogP contribution in [0.15, 0.2) is 29.1 Å². The Balaban J connectivity index is 1.58. The zero-order valence-electron chi connectivity index (χ0n) is 20.2. The lowest BCUT2D eigenvalue weighted by molar-refractivity contribution is -0.141. The summed E-state index contributed by atoms with van der Waals surface area (Å²) in [6, 6.07) is 5.69. The Morgan fingerprint density at radius 1 is 1.14 bits per heavy atom. The van der Waals surface area contributed by atoms with Crippen molar-refractivity contribution in [3.05, 3.63) is 68.4 Å². The Kier molecular flexibility index (Phi) is 5.80. The van der Waals surface area contributed by atoms with E-state index in [1.54, 1.807) is 24.3 Å². The molecule has 2 aromatic heterocycles. The molecule has 37 heavy (non-hydrogen) atoms. The number of H-pyrrole nitrogens is 1. The van der Waals surface area contributed by atoms with Gasteiger partial charge >= 0.3 is 6.18 Å². The van der Waals surface area contributed by atoms with Crippen LogP contribution in [0.1, 0.15) is 57.2 Å². The SMILES string of the molecule is CNC(=O)c1ccc(-n2c(NC(C)C)nc3c(c2=O)C[C@H]2Cc4c(C(F)(F)F)n[nH]c4C(=O)N2C3)cc1. The fourth-order valence-corrected chi connectivity index (χ4v) is 4.85. The molecule has 0 aliphatic carbocycles. The van der Waals surface area contributed by atoms with Gasteiger partial charge in [-0.05, 0) is 44.5 Å². The number of carbonyl (C=O) groups excluding carboxylic acids is 2. The van der Waals surface area contributed by atoms with Gasteiger partial charge in [0.25, 0.3) is 17.4 Å². The number of carbonyl (C=O) groups is 2. The summed E-state index contributed by atoms with van der Waals surface area (Å²) >= 11 is 0. The first-order valence-corrected chi connectivity index (χ1v) is 11.7. The molecule has 1 aromatic carbocycles. The van der Waals surface area contributed by atoms with Crippen molar-refractivity contribution in [2.75, 3.05) is 12.4 Å². The number of alkyl halides is 3. The molecule has 10 nitrogen and oxygen atoms in total. The highest BCUT2D eigenvalue weighted by atomic mass is 19.4. The van der Waals surface area contributed by atoms with Gasteiger partial charge in [-0.15, -0.1) is 0 Å². The van der Waals surface area contributed by atoms with Crippen molar-refractivity contribution >= 4 is 17.8 Å². The number of nitrogens with zero attached hydrogens (tertiary/aromatic N) is 4. The average Bonchev–Trinajstić information content (AvgIpc) is 3.28. The number of rotatable bonds is 4. The maximum Gasteiger partial charge on any atom is 0.435 e. The molecule has 2 aliphatic heterocycles. The largest absolute Gasteiger partial charge is 0.435 e. The van der Waals surface area contributed by atoms with Crippen molar-refractivity contribution in [2.45, 2.75) is 51.5 Å². The maximum atomic E-state index is 13.8. The summed E-state index contributed by atoms with van der Waals surface area (Å²) in [5.41, 5.74) is -0.262. The van der Waals surface area contributed by atoms with Gasteiger partial charge in [0.05, 0.1) is 17.9 Å². The Labute approximate surface area is 208 Å². The van der Waals surface area contributed by atoms with Gasteiger partial charge in [-0.3, -0.25) is 19.5 Å². The third kappa shape index (κ3) is 4.13. The number of amides is 2. The minimum Gasteiger partial charge on any atom is -0.355 e. The van der Waals surface area contributed by atoms with Crippen LogP contribution in [0.3, 0.4) is 0 Å². The fraction of sp³-hybridized carbons (Fsp3) is 0.375. The highest BCUT2D eigenvalue weighted by Crippen LogP contribution is 2.37. The van der Waals surface area contributed by atoms with Crippen LogP contribution in [0.2, 0.25) is 0 Å². The molecule has 1 atom stereocenters. The number of hydrogen-bond donors (Lipinski definition) is 3. The lowest BCUT2D eigenvalue weighted by atomic mass is 9.88. The number of hydrogen-bond acceptors (Lipinski definition) is 6. The van der Waals surface area contributed by atoms with Crippen LogP contribution in [0, 0.1) is 0 Å². The summed E-state index contributed by atoms with van der Waals surface area (Å²) in [7, 11) is 1.52. The van der Waals surface area contributed by atoms with Gasteiger partial charge in [-0.2, -0.15) is 18.3 Å². The molecule has 5 rings (SSSR count). The van der Waals surface area contributed by atoms with Gasteiger partial charge in [0, 0.05) is 42.2 Å². The van der Waals surface area contributed by atoms with Crippen molar-refractivity contribution in [1.82, 2.24) is 30.0 Å². The molecule has 0 bridgehead atoms. The van der Waals surface area contributed by atoms with E-state index in [0.717, 1.165) is 0 Å². The molecule has 4 heterocycles. The van der Waals surface area contributed by atoms with E-state index in [9.17, 15) is 27.6 Å². The van der Waals surface area contributed by atoms with E-state index in [-0.39, 0.29) is 54.1 Å². The van der Waals surface area contributed by atoms with Gasteiger partial charge < -0.3 is 15.5 Å². The third-order valence-corrected chi connectivity index (χ3v) is 6.55. The molecule has 0 fully saturated rings. The number of aromatic amines is 1. The van der Waals surface area contributed by atoms with Gasteiger partial charge in [-0.1, -0.05) is 0 Å². The van der Waals surface area contributed by atoms with Gasteiger partial charge in [0.2, 0.25) is 5.95 Å². The van der Waals surface area contributed by atoms with Crippen molar-refractivity contribution in [2.24, 2.45) is 0 Å². The van der Waals surface area contributed by atoms with E-state index in [1.807, 2.05) is 13.8 Å². The van der Waals surface area contributed by atoms with E-state index >= 15 is 0 Å². The Morgan fingerprint density at radius 2 is 1.81 bits per heavy atom. The molecular formula is C24H24F3N7O3. The summed E-state index contributed by atoms with van der Waals surface area (Å²) in [6.07, 6.45) is -4.74. The first-order chi connectivity index (χ1) is 17.5. The molecular weight excluding hydrogens is 491 g/mol. The number of fused-ring (bicyclic) bond motifs is 3. The van der Waals surface area contributed by atoms with Crippen LogP contribution in [-0.2, 0) is 25.6 Å². The fourth-order valence-electron chi connectivity index (χ4n) is 4.85. The minimum atomic E-state index is -4.70. The maximum absolute atomic E-state index is 13.8. The summed E-state index contributed by atoms with van der Waals surface area (Å²) in [5.74, 6) is -0.619. The first-order valence-electron chi connectivity index (χ1n) is 11.7. The monoisotopic (exact) mass is 515 g/mol. The molecule has 13 heteroatoms. The number of anilines is 1. The predicted molar refractivity (Wildman–Crippen MR) is 127 cm³/mol. The molecule has 0 radical (unpaired) electrons. The summed E-state index contributed by atoms with van der Waals surface area (Å²) in [4.78, 5) is 44.9. The number of aromatic nitrogens is 4. The zero-order chi connectivity index (χ0) is 26.6. The molecule has 0 spiro atoms. The highest BCUT2D eigenvalue weighted by molar-refractivity contribution is 5.96. The van der Waals surface area contributed by atoms with E-state index in [4.69, 9.17) is 0 Å². The Hall–Kier alpha value is -4.16. The van der Waals surface area contributed by atoms with E-state index in [2.05, 4.69) is 25.8 Å². The molecule has 194 valence electrons. The van der Waals surface area contributed by atoms with E-state index < -0.39 is 23.8 Å². The zero-order valence-corrected chi connectivity index (χ0v) is 20.2. The van der Waals surface area contributed by atoms with Crippen molar-refractivity contribution in [3.8, 4) is 5.69 Å². The van der Waals surface area contributed by atoms with Crippen molar-refractivity contribution < 1.29 is 22.8 Å². The van der Waals surface area contributed by atoms with Gasteiger partial charge in [0.1, 0.15) is 5.69 Å².